The van der Waals surface area contributed by atoms with Crippen LogP contribution in [-0.2, 0) is 6.54 Å². The molecule has 1 amide bonds. The molecular formula is C15H14Cl2N2O. The minimum absolute atomic E-state index is 0.260. The van der Waals surface area contributed by atoms with Gasteiger partial charge in [0.2, 0.25) is 0 Å². The van der Waals surface area contributed by atoms with Crippen molar-refractivity contribution in [3.05, 3.63) is 63.1 Å². The lowest BCUT2D eigenvalue weighted by atomic mass is 10.1. The van der Waals surface area contributed by atoms with Crippen molar-refractivity contribution in [3.8, 4) is 0 Å². The van der Waals surface area contributed by atoms with Gasteiger partial charge < -0.3 is 11.1 Å². The van der Waals surface area contributed by atoms with Crippen molar-refractivity contribution in [2.45, 2.75) is 13.5 Å². The predicted octanol–water partition coefficient (Wildman–Crippen LogP) is 3.81. The van der Waals surface area contributed by atoms with Crippen molar-refractivity contribution in [3.63, 3.8) is 0 Å². The minimum Gasteiger partial charge on any atom is -0.399 e. The van der Waals surface area contributed by atoms with Crippen molar-refractivity contribution in [2.75, 3.05) is 5.73 Å². The summed E-state index contributed by atoms with van der Waals surface area (Å²) in [6.45, 7) is 2.31. The van der Waals surface area contributed by atoms with Crippen LogP contribution in [0.2, 0.25) is 10.0 Å². The highest BCUT2D eigenvalue weighted by Crippen LogP contribution is 2.25. The molecule has 5 heteroatoms. The fourth-order valence-corrected chi connectivity index (χ4v) is 2.23. The molecule has 0 aliphatic rings. The molecule has 0 bridgehead atoms. The number of nitrogen functional groups attached to an aromatic ring is 1. The molecule has 0 spiro atoms. The molecule has 0 aliphatic carbocycles. The van der Waals surface area contributed by atoms with E-state index in [-0.39, 0.29) is 10.9 Å². The number of rotatable bonds is 3. The van der Waals surface area contributed by atoms with E-state index in [0.29, 0.717) is 22.8 Å². The van der Waals surface area contributed by atoms with Crippen LogP contribution in [0.4, 0.5) is 5.69 Å². The van der Waals surface area contributed by atoms with Crippen molar-refractivity contribution in [1.82, 2.24) is 5.32 Å². The van der Waals surface area contributed by atoms with Crippen LogP contribution in [0.15, 0.2) is 36.4 Å². The molecule has 0 aromatic heterocycles. The summed E-state index contributed by atoms with van der Waals surface area (Å²) in [4.78, 5) is 12.1. The molecule has 3 nitrogen and oxygen atoms in total. The first-order valence-corrected chi connectivity index (χ1v) is 6.82. The zero-order chi connectivity index (χ0) is 14.7. The number of hydrogen-bond acceptors (Lipinski definition) is 2. The summed E-state index contributed by atoms with van der Waals surface area (Å²) in [6.07, 6.45) is 0. The van der Waals surface area contributed by atoms with Gasteiger partial charge in [0.25, 0.3) is 5.91 Å². The first kappa shape index (κ1) is 14.7. The summed E-state index contributed by atoms with van der Waals surface area (Å²) in [7, 11) is 0. The second-order valence-electron chi connectivity index (χ2n) is 4.42. The Bertz CT molecular complexity index is 656. The molecule has 0 saturated carbocycles. The van der Waals surface area contributed by atoms with Gasteiger partial charge in [0.1, 0.15) is 0 Å². The highest BCUT2D eigenvalue weighted by molar-refractivity contribution is 6.43. The lowest BCUT2D eigenvalue weighted by molar-refractivity contribution is 0.0951. The fourth-order valence-electron chi connectivity index (χ4n) is 1.84. The van der Waals surface area contributed by atoms with Crippen LogP contribution in [0.3, 0.4) is 0 Å². The number of anilines is 1. The van der Waals surface area contributed by atoms with Crippen LogP contribution in [0, 0.1) is 6.92 Å². The third-order valence-corrected chi connectivity index (χ3v) is 3.94. The van der Waals surface area contributed by atoms with Crippen LogP contribution >= 0.6 is 23.2 Å². The molecule has 2 aromatic rings. The van der Waals surface area contributed by atoms with E-state index >= 15 is 0 Å². The summed E-state index contributed by atoms with van der Waals surface area (Å²) >= 11 is 11.9. The van der Waals surface area contributed by atoms with Gasteiger partial charge in [-0.3, -0.25) is 4.79 Å². The maximum atomic E-state index is 12.1. The lowest BCUT2D eigenvalue weighted by Gasteiger charge is -2.11. The first-order chi connectivity index (χ1) is 9.50. The first-order valence-electron chi connectivity index (χ1n) is 6.07. The van der Waals surface area contributed by atoms with Gasteiger partial charge in [0.15, 0.2) is 0 Å². The number of benzene rings is 2. The molecule has 0 aliphatic heterocycles. The van der Waals surface area contributed by atoms with Gasteiger partial charge in [-0.15, -0.1) is 0 Å². The van der Waals surface area contributed by atoms with E-state index in [0.717, 1.165) is 11.1 Å². The number of nitrogens with two attached hydrogens (primary N) is 1. The van der Waals surface area contributed by atoms with Gasteiger partial charge in [-0.25, -0.2) is 0 Å². The van der Waals surface area contributed by atoms with Gasteiger partial charge in [0.05, 0.1) is 15.6 Å². The van der Waals surface area contributed by atoms with Gasteiger partial charge in [-0.1, -0.05) is 41.4 Å². The smallest absolute Gasteiger partial charge is 0.253 e. The van der Waals surface area contributed by atoms with Crippen molar-refractivity contribution in [1.29, 1.82) is 0 Å². The van der Waals surface area contributed by atoms with E-state index in [2.05, 4.69) is 5.32 Å². The molecule has 0 fully saturated rings. The molecular weight excluding hydrogens is 295 g/mol. The summed E-state index contributed by atoms with van der Waals surface area (Å²) < 4.78 is 0. The minimum atomic E-state index is -0.265. The fraction of sp³-hybridized carbons (Fsp3) is 0.133. The Kier molecular flexibility index (Phi) is 4.53. The van der Waals surface area contributed by atoms with Gasteiger partial charge in [0, 0.05) is 12.2 Å². The largest absolute Gasteiger partial charge is 0.399 e. The number of hydrogen-bond donors (Lipinski definition) is 2. The molecule has 0 saturated heterocycles. The maximum Gasteiger partial charge on any atom is 0.253 e. The average Bonchev–Trinajstić information content (AvgIpc) is 2.43. The van der Waals surface area contributed by atoms with E-state index in [4.69, 9.17) is 28.9 Å². The standard InChI is InChI=1S/C15H14Cl2N2O/c1-9-10(4-2-7-13(9)18)8-19-15(20)11-5-3-6-12(16)14(11)17/h2-7H,8,18H2,1H3,(H,19,20). The monoisotopic (exact) mass is 308 g/mol. The molecule has 0 atom stereocenters. The quantitative estimate of drug-likeness (QED) is 0.847. The summed E-state index contributed by atoms with van der Waals surface area (Å²) in [5.41, 5.74) is 8.83. The highest BCUT2D eigenvalue weighted by Gasteiger charge is 2.12. The Hall–Kier alpha value is -1.71. The van der Waals surface area contributed by atoms with Crippen molar-refractivity contribution < 1.29 is 4.79 Å². The van der Waals surface area contributed by atoms with E-state index in [9.17, 15) is 4.79 Å². The van der Waals surface area contributed by atoms with Crippen LogP contribution in [-0.4, -0.2) is 5.91 Å². The topological polar surface area (TPSA) is 55.1 Å². The Morgan fingerprint density at radius 1 is 1.20 bits per heavy atom. The van der Waals surface area contributed by atoms with Crippen LogP contribution < -0.4 is 11.1 Å². The van der Waals surface area contributed by atoms with E-state index in [1.54, 1.807) is 18.2 Å². The van der Waals surface area contributed by atoms with Crippen LogP contribution in [0.5, 0.6) is 0 Å². The molecule has 2 aromatic carbocycles. The summed E-state index contributed by atoms with van der Waals surface area (Å²) in [6, 6.07) is 10.6. The zero-order valence-corrected chi connectivity index (χ0v) is 12.4. The molecule has 0 heterocycles. The third kappa shape index (κ3) is 3.06. The predicted molar refractivity (Wildman–Crippen MR) is 83.2 cm³/mol. The van der Waals surface area contributed by atoms with Gasteiger partial charge in [-0.05, 0) is 36.2 Å². The zero-order valence-electron chi connectivity index (χ0n) is 10.9. The number of amides is 1. The lowest BCUT2D eigenvalue weighted by Crippen LogP contribution is -2.23. The maximum absolute atomic E-state index is 12.1. The second kappa shape index (κ2) is 6.16. The summed E-state index contributed by atoms with van der Waals surface area (Å²) in [5, 5.41) is 3.43. The number of halogens is 2. The second-order valence-corrected chi connectivity index (χ2v) is 5.20. The normalized spacial score (nSPS) is 10.3. The molecule has 0 radical (unpaired) electrons. The third-order valence-electron chi connectivity index (χ3n) is 3.12. The van der Waals surface area contributed by atoms with Crippen LogP contribution in [0.25, 0.3) is 0 Å². The average molecular weight is 309 g/mol. The molecule has 20 heavy (non-hydrogen) atoms. The van der Waals surface area contributed by atoms with E-state index < -0.39 is 0 Å². The molecule has 104 valence electrons. The SMILES string of the molecule is Cc1c(N)cccc1CNC(=O)c1cccc(Cl)c1Cl. The summed E-state index contributed by atoms with van der Waals surface area (Å²) in [5.74, 6) is -0.265. The van der Waals surface area contributed by atoms with Crippen LogP contribution in [0.1, 0.15) is 21.5 Å². The Morgan fingerprint density at radius 3 is 2.65 bits per heavy atom. The molecule has 3 N–H and O–H groups in total. The van der Waals surface area contributed by atoms with Gasteiger partial charge in [-0.2, -0.15) is 0 Å². The highest BCUT2D eigenvalue weighted by atomic mass is 35.5. The number of carbonyl (C=O) groups excluding carboxylic acids is 1. The number of carbonyl (C=O) groups is 1. The van der Waals surface area contributed by atoms with E-state index in [1.165, 1.54) is 0 Å². The Labute approximate surface area is 127 Å². The van der Waals surface area contributed by atoms with Crippen molar-refractivity contribution in [2.24, 2.45) is 0 Å². The molecule has 0 unspecified atom stereocenters. The van der Waals surface area contributed by atoms with Crippen molar-refractivity contribution >= 4 is 34.8 Å². The van der Waals surface area contributed by atoms with E-state index in [1.807, 2.05) is 25.1 Å². The van der Waals surface area contributed by atoms with Gasteiger partial charge >= 0.3 is 0 Å². The molecule has 2 rings (SSSR count). The Morgan fingerprint density at radius 2 is 1.90 bits per heavy atom. The number of nitrogens with one attached hydrogen (secondary N) is 1. The Balaban J connectivity index is 2.13.